The highest BCUT2D eigenvalue weighted by molar-refractivity contribution is 5.95. The Labute approximate surface area is 184 Å². The van der Waals surface area contributed by atoms with E-state index in [1.165, 1.54) is 0 Å². The minimum Gasteiger partial charge on any atom is -0.497 e. The van der Waals surface area contributed by atoms with Gasteiger partial charge >= 0.3 is 12.4 Å². The number of hydrogen-bond donors (Lipinski definition) is 2. The monoisotopic (exact) mass is 478 g/mol. The third-order valence-corrected chi connectivity index (χ3v) is 4.92. The van der Waals surface area contributed by atoms with Gasteiger partial charge in [-0.25, -0.2) is 9.97 Å². The van der Waals surface area contributed by atoms with Crippen molar-refractivity contribution in [2.75, 3.05) is 32.2 Å². The SMILES string of the molecule is COc1cc(Nc2ncc(C(=O)NCC3CCOCC3)c(C(F)(F)F)n2)cc(C(F)(F)F)c1. The molecule has 1 aromatic carbocycles. The third-order valence-electron chi connectivity index (χ3n) is 4.92. The molecule has 2 N–H and O–H groups in total. The molecule has 0 bridgehead atoms. The van der Waals surface area contributed by atoms with Crippen molar-refractivity contribution in [2.24, 2.45) is 5.92 Å². The topological polar surface area (TPSA) is 85.4 Å². The second kappa shape index (κ2) is 9.81. The van der Waals surface area contributed by atoms with Gasteiger partial charge in [-0.05, 0) is 30.9 Å². The fourth-order valence-electron chi connectivity index (χ4n) is 3.19. The van der Waals surface area contributed by atoms with Crippen molar-refractivity contribution in [3.8, 4) is 5.75 Å². The van der Waals surface area contributed by atoms with Crippen LogP contribution >= 0.6 is 0 Å². The smallest absolute Gasteiger partial charge is 0.434 e. The lowest BCUT2D eigenvalue weighted by Crippen LogP contribution is -2.33. The molecule has 2 heterocycles. The molecule has 0 saturated carbocycles. The largest absolute Gasteiger partial charge is 0.497 e. The maximum atomic E-state index is 13.6. The summed E-state index contributed by atoms with van der Waals surface area (Å²) in [6.45, 7) is 1.19. The van der Waals surface area contributed by atoms with Crippen LogP contribution in [0, 0.1) is 5.92 Å². The zero-order valence-corrected chi connectivity index (χ0v) is 17.3. The first-order valence-electron chi connectivity index (χ1n) is 9.81. The predicted octanol–water partition coefficient (Wildman–Crippen LogP) is 4.42. The fraction of sp³-hybridized carbons (Fsp3) is 0.450. The van der Waals surface area contributed by atoms with Crippen molar-refractivity contribution in [3.05, 3.63) is 41.2 Å². The lowest BCUT2D eigenvalue weighted by atomic mass is 10.0. The fourth-order valence-corrected chi connectivity index (χ4v) is 3.19. The van der Waals surface area contributed by atoms with E-state index in [9.17, 15) is 31.1 Å². The second-order valence-electron chi connectivity index (χ2n) is 7.29. The molecule has 180 valence electrons. The zero-order chi connectivity index (χ0) is 24.2. The van der Waals surface area contributed by atoms with Crippen LogP contribution in [0.2, 0.25) is 0 Å². The van der Waals surface area contributed by atoms with Crippen LogP contribution in [0.15, 0.2) is 24.4 Å². The molecule has 13 heteroatoms. The lowest BCUT2D eigenvalue weighted by molar-refractivity contribution is -0.141. The first-order chi connectivity index (χ1) is 15.5. The molecule has 0 radical (unpaired) electrons. The van der Waals surface area contributed by atoms with Crippen molar-refractivity contribution in [3.63, 3.8) is 0 Å². The van der Waals surface area contributed by atoms with Gasteiger partial charge in [-0.15, -0.1) is 0 Å². The Bertz CT molecular complexity index is 991. The maximum absolute atomic E-state index is 13.6. The van der Waals surface area contributed by atoms with E-state index in [-0.39, 0.29) is 23.9 Å². The number of carbonyl (C=O) groups is 1. The van der Waals surface area contributed by atoms with E-state index in [0.29, 0.717) is 38.3 Å². The molecule has 1 saturated heterocycles. The van der Waals surface area contributed by atoms with Gasteiger partial charge < -0.3 is 20.1 Å². The van der Waals surface area contributed by atoms with E-state index in [0.717, 1.165) is 19.2 Å². The van der Waals surface area contributed by atoms with Crippen LogP contribution in [0.25, 0.3) is 0 Å². The molecule has 1 amide bonds. The van der Waals surface area contributed by atoms with Crippen LogP contribution < -0.4 is 15.4 Å². The van der Waals surface area contributed by atoms with E-state index in [1.54, 1.807) is 0 Å². The minimum atomic E-state index is -5.00. The average molecular weight is 478 g/mol. The number of nitrogens with one attached hydrogen (secondary N) is 2. The van der Waals surface area contributed by atoms with Crippen LogP contribution in [0.1, 0.15) is 34.5 Å². The quantitative estimate of drug-likeness (QED) is 0.598. The molecule has 7 nitrogen and oxygen atoms in total. The molecule has 0 aliphatic carbocycles. The number of benzene rings is 1. The zero-order valence-electron chi connectivity index (χ0n) is 17.3. The lowest BCUT2D eigenvalue weighted by Gasteiger charge is -2.22. The Hall–Kier alpha value is -3.09. The molecule has 2 aromatic rings. The highest BCUT2D eigenvalue weighted by Gasteiger charge is 2.38. The Morgan fingerprint density at radius 2 is 1.82 bits per heavy atom. The number of aromatic nitrogens is 2. The summed E-state index contributed by atoms with van der Waals surface area (Å²) in [5.74, 6) is -1.73. The maximum Gasteiger partial charge on any atom is 0.434 e. The van der Waals surface area contributed by atoms with E-state index in [4.69, 9.17) is 9.47 Å². The summed E-state index contributed by atoms with van der Waals surface area (Å²) in [4.78, 5) is 19.4. The Morgan fingerprint density at radius 1 is 1.12 bits per heavy atom. The molecule has 3 rings (SSSR count). The highest BCUT2D eigenvalue weighted by atomic mass is 19.4. The number of nitrogens with zero attached hydrogens (tertiary/aromatic N) is 2. The van der Waals surface area contributed by atoms with Gasteiger partial charge in [0, 0.05) is 37.7 Å². The molecule has 1 aromatic heterocycles. The van der Waals surface area contributed by atoms with Crippen LogP contribution in [0.5, 0.6) is 5.75 Å². The van der Waals surface area contributed by atoms with E-state index in [1.807, 2.05) is 0 Å². The molecule has 1 aliphatic rings. The van der Waals surface area contributed by atoms with E-state index < -0.39 is 41.0 Å². The minimum absolute atomic E-state index is 0.0785. The number of ether oxygens (including phenoxy) is 2. The number of halogens is 6. The summed E-state index contributed by atoms with van der Waals surface area (Å²) in [6.07, 6.45) is -7.69. The summed E-state index contributed by atoms with van der Waals surface area (Å²) in [5, 5.41) is 4.76. The summed E-state index contributed by atoms with van der Waals surface area (Å²) < 4.78 is 90.0. The summed E-state index contributed by atoms with van der Waals surface area (Å²) in [5.41, 5.74) is -3.62. The van der Waals surface area contributed by atoms with Crippen molar-refractivity contribution < 1.29 is 40.6 Å². The predicted molar refractivity (Wildman–Crippen MR) is 104 cm³/mol. The number of carbonyl (C=O) groups excluding carboxylic acids is 1. The summed E-state index contributed by atoms with van der Waals surface area (Å²) >= 11 is 0. The standard InChI is InChI=1S/C20H20F6N4O3/c1-32-14-7-12(19(21,22)23)6-13(8-14)29-18-28-10-15(16(30-18)20(24,25)26)17(31)27-9-11-2-4-33-5-3-11/h6-8,10-11H,2-5,9H2,1H3,(H,27,31)(H,28,29,30). The van der Waals surface area contributed by atoms with Gasteiger partial charge in [0.15, 0.2) is 5.69 Å². The number of methoxy groups -OCH3 is 1. The number of hydrogen-bond acceptors (Lipinski definition) is 6. The molecule has 0 atom stereocenters. The Balaban J connectivity index is 1.84. The molecule has 1 aliphatic heterocycles. The van der Waals surface area contributed by atoms with E-state index in [2.05, 4.69) is 20.6 Å². The molecule has 1 fully saturated rings. The van der Waals surface area contributed by atoms with Gasteiger partial charge in [-0.2, -0.15) is 26.3 Å². The van der Waals surface area contributed by atoms with Crippen LogP contribution in [-0.4, -0.2) is 42.7 Å². The van der Waals surface area contributed by atoms with Gasteiger partial charge in [0.2, 0.25) is 5.95 Å². The number of rotatable bonds is 6. The van der Waals surface area contributed by atoms with Crippen molar-refractivity contribution in [1.29, 1.82) is 0 Å². The van der Waals surface area contributed by atoms with Gasteiger partial charge in [-0.1, -0.05) is 0 Å². The van der Waals surface area contributed by atoms with Gasteiger partial charge in [-0.3, -0.25) is 4.79 Å². The first-order valence-corrected chi connectivity index (χ1v) is 9.81. The number of alkyl halides is 6. The first kappa shape index (κ1) is 24.6. The van der Waals surface area contributed by atoms with Crippen LogP contribution in [0.4, 0.5) is 38.0 Å². The Morgan fingerprint density at radius 3 is 2.42 bits per heavy atom. The van der Waals surface area contributed by atoms with Gasteiger partial charge in [0.05, 0.1) is 18.2 Å². The number of anilines is 2. The third kappa shape index (κ3) is 6.46. The van der Waals surface area contributed by atoms with Crippen molar-refractivity contribution in [2.45, 2.75) is 25.2 Å². The molecule has 0 unspecified atom stereocenters. The van der Waals surface area contributed by atoms with Crippen molar-refractivity contribution in [1.82, 2.24) is 15.3 Å². The molecular weight excluding hydrogens is 458 g/mol. The number of amides is 1. The summed E-state index contributed by atoms with van der Waals surface area (Å²) in [7, 11) is 1.14. The second-order valence-corrected chi connectivity index (χ2v) is 7.29. The molecule has 33 heavy (non-hydrogen) atoms. The molecular formula is C20H20F6N4O3. The van der Waals surface area contributed by atoms with Gasteiger partial charge in [0.25, 0.3) is 5.91 Å². The summed E-state index contributed by atoms with van der Waals surface area (Å²) in [6, 6.07) is 2.55. The highest BCUT2D eigenvalue weighted by Crippen LogP contribution is 2.35. The molecule has 0 spiro atoms. The van der Waals surface area contributed by atoms with E-state index >= 15 is 0 Å². The average Bonchev–Trinajstić information content (AvgIpc) is 2.76. The van der Waals surface area contributed by atoms with Crippen LogP contribution in [0.3, 0.4) is 0 Å². The van der Waals surface area contributed by atoms with Crippen molar-refractivity contribution >= 4 is 17.5 Å². The normalized spacial score (nSPS) is 15.2. The van der Waals surface area contributed by atoms with Gasteiger partial charge in [0.1, 0.15) is 5.75 Å². The van der Waals surface area contributed by atoms with Crippen LogP contribution in [-0.2, 0) is 17.1 Å². The Kier molecular flexibility index (Phi) is 7.30.